The van der Waals surface area contributed by atoms with Crippen LogP contribution in [0, 0.1) is 10.1 Å². The summed E-state index contributed by atoms with van der Waals surface area (Å²) in [4.78, 5) is 21.4. The number of benzene rings is 1. The molecule has 0 atom stereocenters. The molecule has 1 aromatic rings. The van der Waals surface area contributed by atoms with Crippen molar-refractivity contribution in [2.24, 2.45) is 0 Å². The van der Waals surface area contributed by atoms with E-state index in [-0.39, 0.29) is 29.1 Å². The lowest BCUT2D eigenvalue weighted by molar-refractivity contribution is -0.384. The summed E-state index contributed by atoms with van der Waals surface area (Å²) in [6, 6.07) is 3.82. The first-order chi connectivity index (χ1) is 9.51. The normalized spacial score (nSPS) is 21.1. The number of nitro benzene ring substituents is 1. The van der Waals surface area contributed by atoms with Gasteiger partial charge in [0.2, 0.25) is 0 Å². The van der Waals surface area contributed by atoms with Gasteiger partial charge in [-0.1, -0.05) is 0 Å². The second-order valence-electron chi connectivity index (χ2n) is 4.68. The van der Waals surface area contributed by atoms with Gasteiger partial charge in [-0.15, -0.1) is 0 Å². The number of ether oxygens (including phenoxy) is 1. The van der Waals surface area contributed by atoms with Gasteiger partial charge in [-0.3, -0.25) is 10.1 Å². The molecule has 1 fully saturated rings. The number of rotatable bonds is 6. The summed E-state index contributed by atoms with van der Waals surface area (Å²) in [6.45, 7) is 2.56. The monoisotopic (exact) mass is 280 g/mol. The zero-order valence-corrected chi connectivity index (χ0v) is 11.0. The van der Waals surface area contributed by atoms with Crippen molar-refractivity contribution in [3.63, 3.8) is 0 Å². The maximum absolute atomic E-state index is 11.0. The molecule has 20 heavy (non-hydrogen) atoms. The number of nitrogens with zero attached hydrogens (tertiary/aromatic N) is 1. The summed E-state index contributed by atoms with van der Waals surface area (Å²) in [5.41, 5.74) is 0.156. The molecule has 7 nitrogen and oxygen atoms in total. The number of anilines is 1. The van der Waals surface area contributed by atoms with Gasteiger partial charge < -0.3 is 15.2 Å². The molecular formula is C13H16N2O5. The maximum atomic E-state index is 11.0. The van der Waals surface area contributed by atoms with E-state index in [4.69, 9.17) is 9.84 Å². The highest BCUT2D eigenvalue weighted by molar-refractivity contribution is 5.90. The standard InChI is InChI=1S/C13H16N2O5/c1-2-20-10-6-9(7-10)14-11-5-8(13(16)17)3-4-12(11)15(18)19/h3-5,9-10,14H,2,6-7H2,1H3,(H,16,17). The highest BCUT2D eigenvalue weighted by Crippen LogP contribution is 2.31. The van der Waals surface area contributed by atoms with E-state index in [2.05, 4.69) is 5.32 Å². The van der Waals surface area contributed by atoms with Gasteiger partial charge in [-0.25, -0.2) is 4.79 Å². The van der Waals surface area contributed by atoms with E-state index in [1.54, 1.807) is 0 Å². The van der Waals surface area contributed by atoms with Crippen molar-refractivity contribution in [2.75, 3.05) is 11.9 Å². The van der Waals surface area contributed by atoms with Gasteiger partial charge in [-0.2, -0.15) is 0 Å². The molecule has 0 heterocycles. The second-order valence-corrected chi connectivity index (χ2v) is 4.68. The number of carbonyl (C=O) groups is 1. The van der Waals surface area contributed by atoms with Crippen LogP contribution in [-0.4, -0.2) is 34.8 Å². The Morgan fingerprint density at radius 1 is 1.55 bits per heavy atom. The first-order valence-electron chi connectivity index (χ1n) is 6.41. The molecule has 0 spiro atoms. The van der Waals surface area contributed by atoms with E-state index < -0.39 is 10.9 Å². The van der Waals surface area contributed by atoms with E-state index in [1.807, 2.05) is 6.92 Å². The van der Waals surface area contributed by atoms with Crippen LogP contribution in [0.25, 0.3) is 0 Å². The predicted octanol–water partition coefficient (Wildman–Crippen LogP) is 2.27. The van der Waals surface area contributed by atoms with Gasteiger partial charge in [0.05, 0.1) is 16.6 Å². The smallest absolute Gasteiger partial charge is 0.335 e. The maximum Gasteiger partial charge on any atom is 0.335 e. The number of hydrogen-bond acceptors (Lipinski definition) is 5. The van der Waals surface area contributed by atoms with Crippen molar-refractivity contribution in [3.05, 3.63) is 33.9 Å². The molecular weight excluding hydrogens is 264 g/mol. The Hall–Kier alpha value is -2.15. The lowest BCUT2D eigenvalue weighted by Crippen LogP contribution is -2.40. The largest absolute Gasteiger partial charge is 0.478 e. The quantitative estimate of drug-likeness (QED) is 0.612. The number of aromatic carboxylic acids is 1. The minimum atomic E-state index is -1.11. The number of nitro groups is 1. The minimum Gasteiger partial charge on any atom is -0.478 e. The van der Waals surface area contributed by atoms with Crippen molar-refractivity contribution in [2.45, 2.75) is 31.9 Å². The van der Waals surface area contributed by atoms with E-state index in [0.29, 0.717) is 6.61 Å². The minimum absolute atomic E-state index is 0.0266. The summed E-state index contributed by atoms with van der Waals surface area (Å²) in [7, 11) is 0. The van der Waals surface area contributed by atoms with Gasteiger partial charge in [0, 0.05) is 18.7 Å². The van der Waals surface area contributed by atoms with Crippen LogP contribution in [-0.2, 0) is 4.74 Å². The summed E-state index contributed by atoms with van der Waals surface area (Å²) >= 11 is 0. The summed E-state index contributed by atoms with van der Waals surface area (Å²) in [5.74, 6) is -1.11. The van der Waals surface area contributed by atoms with Gasteiger partial charge in [0.1, 0.15) is 5.69 Å². The number of hydrogen-bond donors (Lipinski definition) is 2. The SMILES string of the molecule is CCOC1CC(Nc2cc(C(=O)O)ccc2[N+](=O)[O-])C1. The summed E-state index contributed by atoms with van der Waals surface area (Å²) in [6.07, 6.45) is 1.71. The Kier molecular flexibility index (Phi) is 4.19. The van der Waals surface area contributed by atoms with E-state index >= 15 is 0 Å². The average molecular weight is 280 g/mol. The van der Waals surface area contributed by atoms with Crippen LogP contribution < -0.4 is 5.32 Å². The Morgan fingerprint density at radius 3 is 2.80 bits per heavy atom. The summed E-state index contributed by atoms with van der Waals surface area (Å²) in [5, 5.41) is 22.9. The molecule has 0 bridgehead atoms. The van der Waals surface area contributed by atoms with Crippen molar-refractivity contribution < 1.29 is 19.6 Å². The fourth-order valence-corrected chi connectivity index (χ4v) is 2.22. The lowest BCUT2D eigenvalue weighted by Gasteiger charge is -2.35. The molecule has 1 aliphatic carbocycles. The molecule has 0 amide bonds. The third-order valence-electron chi connectivity index (χ3n) is 3.30. The van der Waals surface area contributed by atoms with Crippen molar-refractivity contribution in [3.8, 4) is 0 Å². The van der Waals surface area contributed by atoms with Crippen molar-refractivity contribution >= 4 is 17.3 Å². The zero-order valence-electron chi connectivity index (χ0n) is 11.0. The molecule has 7 heteroatoms. The first-order valence-corrected chi connectivity index (χ1v) is 6.41. The van der Waals surface area contributed by atoms with Gasteiger partial charge in [-0.05, 0) is 31.9 Å². The molecule has 0 saturated heterocycles. The molecule has 1 aliphatic rings. The molecule has 1 aromatic carbocycles. The predicted molar refractivity (Wildman–Crippen MR) is 72.1 cm³/mol. The Balaban J connectivity index is 2.11. The molecule has 0 unspecified atom stereocenters. The van der Waals surface area contributed by atoms with E-state index in [0.717, 1.165) is 12.8 Å². The summed E-state index contributed by atoms with van der Waals surface area (Å²) < 4.78 is 5.42. The molecule has 0 radical (unpaired) electrons. The third-order valence-corrected chi connectivity index (χ3v) is 3.30. The second kappa shape index (κ2) is 5.87. The molecule has 1 saturated carbocycles. The van der Waals surface area contributed by atoms with E-state index in [9.17, 15) is 14.9 Å². The van der Waals surface area contributed by atoms with Gasteiger partial charge in [0.25, 0.3) is 5.69 Å². The fraction of sp³-hybridized carbons (Fsp3) is 0.462. The zero-order chi connectivity index (χ0) is 14.7. The Morgan fingerprint density at radius 2 is 2.25 bits per heavy atom. The highest BCUT2D eigenvalue weighted by Gasteiger charge is 2.31. The van der Waals surface area contributed by atoms with E-state index in [1.165, 1.54) is 18.2 Å². The molecule has 0 aromatic heterocycles. The fourth-order valence-electron chi connectivity index (χ4n) is 2.22. The highest BCUT2D eigenvalue weighted by atomic mass is 16.6. The van der Waals surface area contributed by atoms with Crippen LogP contribution in [0.5, 0.6) is 0 Å². The van der Waals surface area contributed by atoms with Crippen LogP contribution in [0.2, 0.25) is 0 Å². The van der Waals surface area contributed by atoms with Crippen LogP contribution in [0.15, 0.2) is 18.2 Å². The first kappa shape index (κ1) is 14.3. The third kappa shape index (κ3) is 3.05. The average Bonchev–Trinajstić information content (AvgIpc) is 2.35. The molecule has 2 rings (SSSR count). The number of nitrogens with one attached hydrogen (secondary N) is 1. The Bertz CT molecular complexity index is 525. The van der Waals surface area contributed by atoms with Crippen molar-refractivity contribution in [1.82, 2.24) is 0 Å². The molecule has 2 N–H and O–H groups in total. The lowest BCUT2D eigenvalue weighted by atomic mass is 9.89. The van der Waals surface area contributed by atoms with Crippen LogP contribution in [0.3, 0.4) is 0 Å². The van der Waals surface area contributed by atoms with Crippen molar-refractivity contribution in [1.29, 1.82) is 0 Å². The van der Waals surface area contributed by atoms with Gasteiger partial charge >= 0.3 is 5.97 Å². The van der Waals surface area contributed by atoms with Crippen LogP contribution in [0.4, 0.5) is 11.4 Å². The Labute approximate surface area is 115 Å². The number of carboxylic acids is 1. The van der Waals surface area contributed by atoms with Gasteiger partial charge in [0.15, 0.2) is 0 Å². The number of carboxylic acid groups (broad SMARTS) is 1. The topological polar surface area (TPSA) is 102 Å². The van der Waals surface area contributed by atoms with Crippen LogP contribution in [0.1, 0.15) is 30.1 Å². The molecule has 0 aliphatic heterocycles. The van der Waals surface area contributed by atoms with Crippen LogP contribution >= 0.6 is 0 Å². The molecule has 108 valence electrons.